The second-order valence-corrected chi connectivity index (χ2v) is 6.40. The molecule has 1 heterocycles. The van der Waals surface area contributed by atoms with E-state index >= 15 is 0 Å². The molecule has 0 spiro atoms. The maximum absolute atomic E-state index is 8.68. The van der Waals surface area contributed by atoms with E-state index in [2.05, 4.69) is 6.92 Å². The van der Waals surface area contributed by atoms with Crippen LogP contribution in [0.1, 0.15) is 96.8 Å². The van der Waals surface area contributed by atoms with Crippen molar-refractivity contribution in [2.75, 3.05) is 6.61 Å². The van der Waals surface area contributed by atoms with Crippen molar-refractivity contribution in [1.82, 2.24) is 0 Å². The molecule has 0 aromatic carbocycles. The van der Waals surface area contributed by atoms with Crippen molar-refractivity contribution < 1.29 is 9.84 Å². The van der Waals surface area contributed by atoms with E-state index in [1.54, 1.807) is 0 Å². The van der Waals surface area contributed by atoms with Crippen molar-refractivity contribution in [3.8, 4) is 0 Å². The van der Waals surface area contributed by atoms with Crippen LogP contribution in [0.4, 0.5) is 0 Å². The second-order valence-electron chi connectivity index (χ2n) is 6.40. The highest BCUT2D eigenvalue weighted by atomic mass is 16.6. The summed E-state index contributed by atoms with van der Waals surface area (Å²) in [5.74, 6) is 0. The van der Waals surface area contributed by atoms with Crippen LogP contribution in [-0.4, -0.2) is 23.9 Å². The summed E-state index contributed by atoms with van der Waals surface area (Å²) in [5, 5.41) is 8.68. The molecule has 1 aliphatic heterocycles. The number of ether oxygens (including phenoxy) is 1. The zero-order valence-corrected chi connectivity index (χ0v) is 13.6. The van der Waals surface area contributed by atoms with Crippen molar-refractivity contribution >= 4 is 0 Å². The van der Waals surface area contributed by atoms with E-state index in [4.69, 9.17) is 9.84 Å². The monoisotopic (exact) mass is 284 g/mol. The van der Waals surface area contributed by atoms with Crippen LogP contribution >= 0.6 is 0 Å². The Balaban J connectivity index is 1.71. The van der Waals surface area contributed by atoms with E-state index in [0.29, 0.717) is 18.8 Å². The highest BCUT2D eigenvalue weighted by Crippen LogP contribution is 2.31. The molecule has 2 heteroatoms. The first kappa shape index (κ1) is 18.0. The van der Waals surface area contributed by atoms with Gasteiger partial charge in [-0.1, -0.05) is 77.6 Å². The van der Waals surface area contributed by atoms with Gasteiger partial charge in [-0.2, -0.15) is 0 Å². The molecular formula is C18H36O2. The highest BCUT2D eigenvalue weighted by molar-refractivity contribution is 4.84. The van der Waals surface area contributed by atoms with Gasteiger partial charge in [-0.15, -0.1) is 0 Å². The van der Waals surface area contributed by atoms with Gasteiger partial charge in [0.05, 0.1) is 12.2 Å². The molecule has 20 heavy (non-hydrogen) atoms. The van der Waals surface area contributed by atoms with Crippen LogP contribution in [0.15, 0.2) is 0 Å². The Hall–Kier alpha value is -0.0800. The quantitative estimate of drug-likeness (QED) is 0.330. The molecule has 0 radical (unpaired) electrons. The molecular weight excluding hydrogens is 248 g/mol. The second kappa shape index (κ2) is 12.6. The third-order valence-corrected chi connectivity index (χ3v) is 4.43. The van der Waals surface area contributed by atoms with Gasteiger partial charge in [0.25, 0.3) is 0 Å². The number of hydrogen-bond donors (Lipinski definition) is 1. The summed E-state index contributed by atoms with van der Waals surface area (Å²) in [6.07, 6.45) is 19.6. The van der Waals surface area contributed by atoms with Crippen LogP contribution in [0.25, 0.3) is 0 Å². The molecule has 0 aliphatic carbocycles. The molecule has 0 saturated carbocycles. The van der Waals surface area contributed by atoms with E-state index in [1.807, 2.05) is 0 Å². The lowest BCUT2D eigenvalue weighted by atomic mass is 10.0. The highest BCUT2D eigenvalue weighted by Gasteiger charge is 2.36. The zero-order valence-electron chi connectivity index (χ0n) is 13.6. The fourth-order valence-corrected chi connectivity index (χ4v) is 2.98. The predicted octanol–water partition coefficient (Wildman–Crippen LogP) is 5.23. The van der Waals surface area contributed by atoms with Gasteiger partial charge >= 0.3 is 0 Å². The summed E-state index contributed by atoms with van der Waals surface area (Å²) in [5.41, 5.74) is 0. The lowest BCUT2D eigenvalue weighted by Crippen LogP contribution is -1.94. The van der Waals surface area contributed by atoms with Gasteiger partial charge in [0, 0.05) is 6.61 Å². The van der Waals surface area contributed by atoms with Crippen LogP contribution in [0.3, 0.4) is 0 Å². The third-order valence-electron chi connectivity index (χ3n) is 4.43. The third kappa shape index (κ3) is 9.77. The first-order valence-corrected chi connectivity index (χ1v) is 9.14. The van der Waals surface area contributed by atoms with E-state index < -0.39 is 0 Å². The average molecular weight is 284 g/mol. The summed E-state index contributed by atoms with van der Waals surface area (Å²) in [6, 6.07) is 0. The molecule has 1 N–H and O–H groups in total. The Labute approximate surface area is 126 Å². The van der Waals surface area contributed by atoms with Crippen LogP contribution in [0.5, 0.6) is 0 Å². The van der Waals surface area contributed by atoms with E-state index in [1.165, 1.54) is 83.5 Å². The van der Waals surface area contributed by atoms with Crippen molar-refractivity contribution in [2.24, 2.45) is 0 Å². The Bertz CT molecular complexity index is 206. The van der Waals surface area contributed by atoms with Gasteiger partial charge in [-0.05, 0) is 19.3 Å². The Morgan fingerprint density at radius 1 is 0.650 bits per heavy atom. The Morgan fingerprint density at radius 2 is 1.10 bits per heavy atom. The lowest BCUT2D eigenvalue weighted by molar-refractivity contribution is 0.282. The van der Waals surface area contributed by atoms with E-state index in [0.717, 1.165) is 6.42 Å². The largest absolute Gasteiger partial charge is 0.396 e. The minimum absolute atomic E-state index is 0.364. The number of aliphatic hydroxyl groups excluding tert-OH is 1. The molecule has 0 bridgehead atoms. The van der Waals surface area contributed by atoms with Gasteiger partial charge in [0.15, 0.2) is 0 Å². The normalized spacial score (nSPS) is 21.3. The van der Waals surface area contributed by atoms with Crippen molar-refractivity contribution in [1.29, 1.82) is 0 Å². The Morgan fingerprint density at radius 3 is 1.60 bits per heavy atom. The predicted molar refractivity (Wildman–Crippen MR) is 86.1 cm³/mol. The summed E-state index contributed by atoms with van der Waals surface area (Å²) >= 11 is 0. The van der Waals surface area contributed by atoms with Crippen LogP contribution in [-0.2, 0) is 4.74 Å². The number of rotatable bonds is 15. The van der Waals surface area contributed by atoms with E-state index in [9.17, 15) is 0 Å². The smallest absolute Gasteiger partial charge is 0.0841 e. The van der Waals surface area contributed by atoms with Crippen molar-refractivity contribution in [3.63, 3.8) is 0 Å². The Kier molecular flexibility index (Phi) is 11.4. The molecule has 2 nitrogen and oxygen atoms in total. The molecule has 2 atom stereocenters. The number of aliphatic hydroxyl groups is 1. The minimum atomic E-state index is 0.364. The summed E-state index contributed by atoms with van der Waals surface area (Å²) in [7, 11) is 0. The zero-order chi connectivity index (χ0) is 14.5. The fourth-order valence-electron chi connectivity index (χ4n) is 2.98. The summed E-state index contributed by atoms with van der Waals surface area (Å²) in [4.78, 5) is 0. The van der Waals surface area contributed by atoms with Gasteiger partial charge in [-0.3, -0.25) is 0 Å². The maximum Gasteiger partial charge on any atom is 0.0841 e. The van der Waals surface area contributed by atoms with Gasteiger partial charge < -0.3 is 9.84 Å². The van der Waals surface area contributed by atoms with Gasteiger partial charge in [0.1, 0.15) is 0 Å². The molecule has 120 valence electrons. The van der Waals surface area contributed by atoms with Gasteiger partial charge in [-0.25, -0.2) is 0 Å². The van der Waals surface area contributed by atoms with E-state index in [-0.39, 0.29) is 0 Å². The topological polar surface area (TPSA) is 32.8 Å². The number of unbranched alkanes of at least 4 members (excludes halogenated alkanes) is 10. The van der Waals surface area contributed by atoms with Crippen molar-refractivity contribution in [3.05, 3.63) is 0 Å². The van der Waals surface area contributed by atoms with Crippen LogP contribution in [0.2, 0.25) is 0 Å². The SMILES string of the molecule is CCCCC[C@H]1O[C@H]1CCCCCCCCCCCO. The molecule has 0 aromatic rings. The molecule has 1 saturated heterocycles. The van der Waals surface area contributed by atoms with Crippen LogP contribution in [0, 0.1) is 0 Å². The molecule has 0 unspecified atom stereocenters. The van der Waals surface area contributed by atoms with Gasteiger partial charge in [0.2, 0.25) is 0 Å². The van der Waals surface area contributed by atoms with Crippen LogP contribution < -0.4 is 0 Å². The lowest BCUT2D eigenvalue weighted by Gasteiger charge is -2.01. The summed E-state index contributed by atoms with van der Waals surface area (Å²) < 4.78 is 5.73. The summed E-state index contributed by atoms with van der Waals surface area (Å²) in [6.45, 7) is 2.63. The molecule has 0 aromatic heterocycles. The minimum Gasteiger partial charge on any atom is -0.396 e. The average Bonchev–Trinajstić information content (AvgIpc) is 3.20. The fraction of sp³-hybridized carbons (Fsp3) is 1.00. The molecule has 1 aliphatic rings. The first-order valence-electron chi connectivity index (χ1n) is 9.14. The van der Waals surface area contributed by atoms with Crippen molar-refractivity contribution in [2.45, 2.75) is 109 Å². The number of hydrogen-bond acceptors (Lipinski definition) is 2. The molecule has 1 fully saturated rings. The maximum atomic E-state index is 8.68. The standard InChI is InChI=1S/C18H36O2/c1-2-3-11-14-17-18(20-17)15-12-9-7-5-4-6-8-10-13-16-19/h17-19H,2-16H2,1H3/t17-,18+/m1/s1. The molecule has 0 amide bonds. The molecule has 1 rings (SSSR count). The number of epoxide rings is 1. The first-order chi connectivity index (χ1) is 9.88.